The fraction of sp³-hybridized carbons (Fsp3) is 0.286. The minimum Gasteiger partial charge on any atom is -0.349 e. The Morgan fingerprint density at radius 2 is 1.73 bits per heavy atom. The summed E-state index contributed by atoms with van der Waals surface area (Å²) in [5.74, 6) is 1.36. The highest BCUT2D eigenvalue weighted by atomic mass is 15.1. The number of para-hydroxylation sites is 1. The number of hydrogen-bond acceptors (Lipinski definition) is 5. The minimum atomic E-state index is 0.0473. The number of pyridine rings is 1. The smallest absolute Gasteiger partial charge is 0.225 e. The number of nitrogens with one attached hydrogen (secondary N) is 2. The molecule has 0 spiro atoms. The first-order chi connectivity index (χ1) is 12.4. The summed E-state index contributed by atoms with van der Waals surface area (Å²) in [7, 11) is 0. The van der Waals surface area contributed by atoms with Crippen LogP contribution in [0.4, 0.5) is 17.5 Å². The third-order valence-corrected chi connectivity index (χ3v) is 4.01. The first kappa shape index (κ1) is 17.9. The van der Waals surface area contributed by atoms with Crippen molar-refractivity contribution in [2.75, 3.05) is 10.6 Å². The second-order valence-corrected chi connectivity index (χ2v) is 7.31. The molecule has 0 unspecified atom stereocenters. The number of aryl methyl sites for hydroxylation is 1. The van der Waals surface area contributed by atoms with Gasteiger partial charge in [0.25, 0.3) is 0 Å². The zero-order chi connectivity index (χ0) is 18.6. The molecule has 2 N–H and O–H groups in total. The van der Waals surface area contributed by atoms with Crippen molar-refractivity contribution in [1.29, 1.82) is 0 Å². The van der Waals surface area contributed by atoms with Gasteiger partial charge in [0.05, 0.1) is 12.2 Å². The number of aromatic nitrogens is 3. The summed E-state index contributed by atoms with van der Waals surface area (Å²) in [6, 6.07) is 16.1. The highest BCUT2D eigenvalue weighted by molar-refractivity contribution is 5.63. The highest BCUT2D eigenvalue weighted by Gasteiger charge is 2.17. The van der Waals surface area contributed by atoms with Gasteiger partial charge in [0.15, 0.2) is 0 Å². The Labute approximate surface area is 154 Å². The SMILES string of the molecule is Cc1cc(Nc2ccccc2C(C)(C)C)nc(NCc2ccccn2)n1. The van der Waals surface area contributed by atoms with Crippen LogP contribution in [0.2, 0.25) is 0 Å². The molecule has 26 heavy (non-hydrogen) atoms. The largest absolute Gasteiger partial charge is 0.349 e. The van der Waals surface area contributed by atoms with Crippen molar-refractivity contribution >= 4 is 17.5 Å². The van der Waals surface area contributed by atoms with Gasteiger partial charge in [-0.1, -0.05) is 45.0 Å². The van der Waals surface area contributed by atoms with Gasteiger partial charge in [0.1, 0.15) is 5.82 Å². The molecule has 0 radical (unpaired) electrons. The summed E-state index contributed by atoms with van der Waals surface area (Å²) in [6.07, 6.45) is 1.78. The first-order valence-electron chi connectivity index (χ1n) is 8.78. The molecule has 3 aromatic rings. The quantitative estimate of drug-likeness (QED) is 0.692. The average molecular weight is 347 g/mol. The molecule has 0 fully saturated rings. The van der Waals surface area contributed by atoms with E-state index in [4.69, 9.17) is 0 Å². The van der Waals surface area contributed by atoms with Gasteiger partial charge < -0.3 is 10.6 Å². The lowest BCUT2D eigenvalue weighted by molar-refractivity contribution is 0.592. The van der Waals surface area contributed by atoms with Crippen molar-refractivity contribution in [3.8, 4) is 0 Å². The summed E-state index contributed by atoms with van der Waals surface area (Å²) >= 11 is 0. The van der Waals surface area contributed by atoms with E-state index in [0.29, 0.717) is 12.5 Å². The maximum Gasteiger partial charge on any atom is 0.225 e. The van der Waals surface area contributed by atoms with Crippen molar-refractivity contribution < 1.29 is 0 Å². The van der Waals surface area contributed by atoms with Gasteiger partial charge in [0.2, 0.25) is 5.95 Å². The Morgan fingerprint density at radius 3 is 2.46 bits per heavy atom. The molecular weight excluding hydrogens is 322 g/mol. The van der Waals surface area contributed by atoms with Crippen LogP contribution in [0.1, 0.15) is 37.7 Å². The van der Waals surface area contributed by atoms with Crippen LogP contribution in [0.25, 0.3) is 0 Å². The predicted octanol–water partition coefficient (Wildman–Crippen LogP) is 4.83. The lowest BCUT2D eigenvalue weighted by Crippen LogP contribution is -2.14. The fourth-order valence-electron chi connectivity index (χ4n) is 2.77. The normalized spacial score (nSPS) is 11.2. The molecule has 5 heteroatoms. The molecular formula is C21H25N5. The van der Waals surface area contributed by atoms with Crippen LogP contribution in [-0.4, -0.2) is 15.0 Å². The van der Waals surface area contributed by atoms with Crippen molar-refractivity contribution in [1.82, 2.24) is 15.0 Å². The van der Waals surface area contributed by atoms with Crippen LogP contribution in [0.5, 0.6) is 0 Å². The van der Waals surface area contributed by atoms with Crippen LogP contribution < -0.4 is 10.6 Å². The molecule has 0 bridgehead atoms. The topological polar surface area (TPSA) is 62.7 Å². The monoisotopic (exact) mass is 347 g/mol. The molecule has 3 rings (SSSR count). The van der Waals surface area contributed by atoms with Gasteiger partial charge in [-0.05, 0) is 36.1 Å². The molecule has 0 amide bonds. The number of nitrogens with zero attached hydrogens (tertiary/aromatic N) is 3. The summed E-state index contributed by atoms with van der Waals surface area (Å²) in [4.78, 5) is 13.4. The Balaban J connectivity index is 1.80. The molecule has 0 aliphatic rings. The van der Waals surface area contributed by atoms with Gasteiger partial charge in [0, 0.05) is 23.6 Å². The number of rotatable bonds is 5. The average Bonchev–Trinajstić information content (AvgIpc) is 2.60. The molecule has 134 valence electrons. The summed E-state index contributed by atoms with van der Waals surface area (Å²) in [5.41, 5.74) is 4.21. The van der Waals surface area contributed by atoms with E-state index in [1.807, 2.05) is 37.3 Å². The zero-order valence-electron chi connectivity index (χ0n) is 15.7. The van der Waals surface area contributed by atoms with E-state index < -0.39 is 0 Å². The second kappa shape index (κ2) is 7.52. The van der Waals surface area contributed by atoms with Crippen LogP contribution >= 0.6 is 0 Å². The lowest BCUT2D eigenvalue weighted by Gasteiger charge is -2.23. The molecule has 1 aromatic carbocycles. The number of anilines is 3. The van der Waals surface area contributed by atoms with Gasteiger partial charge in [-0.3, -0.25) is 4.98 Å². The third-order valence-electron chi connectivity index (χ3n) is 4.01. The van der Waals surface area contributed by atoms with Crippen molar-refractivity contribution in [3.05, 3.63) is 71.7 Å². The Bertz CT molecular complexity index is 869. The van der Waals surface area contributed by atoms with Crippen LogP contribution in [0, 0.1) is 6.92 Å². The van der Waals surface area contributed by atoms with Crippen molar-refractivity contribution in [2.24, 2.45) is 0 Å². The van der Waals surface area contributed by atoms with Gasteiger partial charge >= 0.3 is 0 Å². The molecule has 0 aliphatic carbocycles. The standard InChI is InChI=1S/C21H25N5/c1-15-13-19(25-18-11-6-5-10-17(18)21(2,3)4)26-20(24-15)23-14-16-9-7-8-12-22-16/h5-13H,14H2,1-4H3,(H2,23,24,25,26). The second-order valence-electron chi connectivity index (χ2n) is 7.31. The molecule has 0 saturated heterocycles. The molecule has 0 saturated carbocycles. The van der Waals surface area contributed by atoms with Crippen LogP contribution in [-0.2, 0) is 12.0 Å². The highest BCUT2D eigenvalue weighted by Crippen LogP contribution is 2.31. The van der Waals surface area contributed by atoms with E-state index in [1.54, 1.807) is 6.20 Å². The summed E-state index contributed by atoms with van der Waals surface area (Å²) < 4.78 is 0. The summed E-state index contributed by atoms with van der Waals surface area (Å²) in [5, 5.41) is 6.70. The Hall–Kier alpha value is -2.95. The molecule has 0 atom stereocenters. The van der Waals surface area contributed by atoms with E-state index in [0.717, 1.165) is 22.9 Å². The predicted molar refractivity (Wildman–Crippen MR) is 107 cm³/mol. The number of benzene rings is 1. The molecule has 2 heterocycles. The maximum atomic E-state index is 4.61. The van der Waals surface area contributed by atoms with Gasteiger partial charge in [-0.2, -0.15) is 4.98 Å². The first-order valence-corrected chi connectivity index (χ1v) is 8.78. The van der Waals surface area contributed by atoms with Gasteiger partial charge in [-0.25, -0.2) is 4.98 Å². The van der Waals surface area contributed by atoms with E-state index in [9.17, 15) is 0 Å². The van der Waals surface area contributed by atoms with E-state index in [2.05, 4.69) is 64.6 Å². The maximum absolute atomic E-state index is 4.61. The van der Waals surface area contributed by atoms with Gasteiger partial charge in [-0.15, -0.1) is 0 Å². The zero-order valence-corrected chi connectivity index (χ0v) is 15.7. The van der Waals surface area contributed by atoms with Crippen LogP contribution in [0.15, 0.2) is 54.7 Å². The molecule has 5 nitrogen and oxygen atoms in total. The minimum absolute atomic E-state index is 0.0473. The Morgan fingerprint density at radius 1 is 0.962 bits per heavy atom. The van der Waals surface area contributed by atoms with Crippen molar-refractivity contribution in [3.63, 3.8) is 0 Å². The third kappa shape index (κ3) is 4.57. The summed E-state index contributed by atoms with van der Waals surface area (Å²) in [6.45, 7) is 9.17. The fourth-order valence-corrected chi connectivity index (χ4v) is 2.77. The molecule has 2 aromatic heterocycles. The van der Waals surface area contributed by atoms with Crippen molar-refractivity contribution in [2.45, 2.75) is 39.7 Å². The van der Waals surface area contributed by atoms with E-state index in [1.165, 1.54) is 5.56 Å². The lowest BCUT2D eigenvalue weighted by atomic mass is 9.86. The van der Waals surface area contributed by atoms with E-state index in [-0.39, 0.29) is 5.41 Å². The number of hydrogen-bond donors (Lipinski definition) is 2. The molecule has 0 aliphatic heterocycles. The van der Waals surface area contributed by atoms with Crippen LogP contribution in [0.3, 0.4) is 0 Å². The Kier molecular flexibility index (Phi) is 5.16. The van der Waals surface area contributed by atoms with E-state index >= 15 is 0 Å².